The summed E-state index contributed by atoms with van der Waals surface area (Å²) in [6.45, 7) is 4.97. The highest BCUT2D eigenvalue weighted by Gasteiger charge is 2.47. The number of para-hydroxylation sites is 1. The molecule has 2 aromatic rings. The lowest BCUT2D eigenvalue weighted by atomic mass is 9.89. The second-order valence-electron chi connectivity index (χ2n) is 6.73. The van der Waals surface area contributed by atoms with Gasteiger partial charge in [0, 0.05) is 13.0 Å². The Morgan fingerprint density at radius 3 is 2.96 bits per heavy atom. The number of likely N-dealkylation sites (tertiary alicyclic amines) is 1. The number of ether oxygens (including phenoxy) is 1. The molecule has 0 radical (unpaired) electrons. The van der Waals surface area contributed by atoms with Crippen LogP contribution in [0, 0.1) is 6.92 Å². The Morgan fingerprint density at radius 2 is 2.20 bits per heavy atom. The molecule has 1 amide bonds. The van der Waals surface area contributed by atoms with E-state index in [-0.39, 0.29) is 11.7 Å². The van der Waals surface area contributed by atoms with Gasteiger partial charge in [0.25, 0.3) is 5.91 Å². The second-order valence-corrected chi connectivity index (χ2v) is 7.82. The van der Waals surface area contributed by atoms with Crippen LogP contribution in [-0.4, -0.2) is 40.3 Å². The minimum atomic E-state index is -0.590. The molecule has 2 aliphatic heterocycles. The molecule has 25 heavy (non-hydrogen) atoms. The molecule has 6 heteroatoms. The first-order valence-electron chi connectivity index (χ1n) is 8.58. The van der Waals surface area contributed by atoms with Gasteiger partial charge in [0.2, 0.25) is 0 Å². The van der Waals surface area contributed by atoms with E-state index in [0.717, 1.165) is 17.1 Å². The summed E-state index contributed by atoms with van der Waals surface area (Å²) in [6.07, 6.45) is 1.84. The molecule has 1 saturated heterocycles. The third kappa shape index (κ3) is 2.74. The van der Waals surface area contributed by atoms with Crippen LogP contribution in [0.25, 0.3) is 0 Å². The van der Waals surface area contributed by atoms with Crippen LogP contribution in [-0.2, 0) is 6.42 Å². The van der Waals surface area contributed by atoms with E-state index in [2.05, 4.69) is 4.98 Å². The average molecular weight is 356 g/mol. The van der Waals surface area contributed by atoms with Crippen LogP contribution in [0.5, 0.6) is 5.75 Å². The fraction of sp³-hybridized carbons (Fsp3) is 0.421. The molecule has 0 saturated carbocycles. The smallest absolute Gasteiger partial charge is 0.265 e. The van der Waals surface area contributed by atoms with Gasteiger partial charge in [-0.15, -0.1) is 11.3 Å². The molecule has 1 fully saturated rings. The van der Waals surface area contributed by atoms with Gasteiger partial charge >= 0.3 is 0 Å². The third-order valence-electron chi connectivity index (χ3n) is 4.94. The molecule has 0 aliphatic carbocycles. The van der Waals surface area contributed by atoms with Crippen molar-refractivity contribution in [3.05, 3.63) is 45.4 Å². The summed E-state index contributed by atoms with van der Waals surface area (Å²) < 4.78 is 6.20. The quantitative estimate of drug-likeness (QED) is 0.829. The molecule has 4 rings (SSSR count). The van der Waals surface area contributed by atoms with Crippen LogP contribution in [0.1, 0.15) is 50.5 Å². The topological polar surface area (TPSA) is 59.5 Å². The Bertz CT molecular complexity index is 860. The Hall–Kier alpha value is -2.21. The maximum atomic E-state index is 12.9. The zero-order valence-corrected chi connectivity index (χ0v) is 15.2. The van der Waals surface area contributed by atoms with Crippen molar-refractivity contribution in [1.82, 2.24) is 9.88 Å². The number of benzene rings is 1. The molecule has 2 aliphatic rings. The van der Waals surface area contributed by atoms with Crippen molar-refractivity contribution in [2.45, 2.75) is 38.7 Å². The second kappa shape index (κ2) is 5.95. The van der Waals surface area contributed by atoms with Gasteiger partial charge in [-0.3, -0.25) is 9.59 Å². The van der Waals surface area contributed by atoms with Crippen LogP contribution in [0.2, 0.25) is 0 Å². The highest BCUT2D eigenvalue weighted by Crippen LogP contribution is 2.39. The standard InChI is InChI=1S/C19H20N2O3S/c1-3-16-20-12(2)17(25-16)18(23)21-9-8-19(11-21)10-14(22)13-6-4-5-7-15(13)24-19/h4-7H,3,8-11H2,1-2H3. The molecule has 130 valence electrons. The minimum Gasteiger partial charge on any atom is -0.484 e. The molecule has 1 unspecified atom stereocenters. The van der Waals surface area contributed by atoms with E-state index in [1.807, 2.05) is 32.0 Å². The molecule has 0 bridgehead atoms. The summed E-state index contributed by atoms with van der Waals surface area (Å²) in [6, 6.07) is 7.35. The number of fused-ring (bicyclic) bond motifs is 1. The van der Waals surface area contributed by atoms with Crippen LogP contribution >= 0.6 is 11.3 Å². The number of nitrogens with zero attached hydrogens (tertiary/aromatic N) is 2. The first-order chi connectivity index (χ1) is 12.0. The van der Waals surface area contributed by atoms with Gasteiger partial charge in [0.05, 0.1) is 29.2 Å². The fourth-order valence-corrected chi connectivity index (χ4v) is 4.61. The number of amides is 1. The van der Waals surface area contributed by atoms with Gasteiger partial charge < -0.3 is 9.64 Å². The lowest BCUT2D eigenvalue weighted by Crippen LogP contribution is -2.45. The first kappa shape index (κ1) is 16.3. The Morgan fingerprint density at radius 1 is 1.40 bits per heavy atom. The van der Waals surface area contributed by atoms with Gasteiger partial charge in [0.1, 0.15) is 16.2 Å². The number of hydrogen-bond donors (Lipinski definition) is 0. The number of carbonyl (C=O) groups excluding carboxylic acids is 2. The largest absolute Gasteiger partial charge is 0.484 e. The molecule has 1 aromatic heterocycles. The Balaban J connectivity index is 1.56. The van der Waals surface area contributed by atoms with E-state index in [1.54, 1.807) is 11.0 Å². The van der Waals surface area contributed by atoms with Crippen LogP contribution < -0.4 is 4.74 Å². The number of aryl methyl sites for hydroxylation is 2. The molecule has 1 aromatic carbocycles. The van der Waals surface area contributed by atoms with Crippen molar-refractivity contribution in [1.29, 1.82) is 0 Å². The maximum absolute atomic E-state index is 12.9. The van der Waals surface area contributed by atoms with Crippen LogP contribution in [0.4, 0.5) is 0 Å². The van der Waals surface area contributed by atoms with E-state index in [0.29, 0.717) is 42.1 Å². The summed E-state index contributed by atoms with van der Waals surface area (Å²) in [4.78, 5) is 32.4. The highest BCUT2D eigenvalue weighted by molar-refractivity contribution is 7.13. The predicted molar refractivity (Wildman–Crippen MR) is 95.5 cm³/mol. The van der Waals surface area contributed by atoms with Gasteiger partial charge in [-0.2, -0.15) is 0 Å². The Labute approximate surface area is 150 Å². The fourth-order valence-electron chi connectivity index (χ4n) is 3.63. The SMILES string of the molecule is CCc1nc(C)c(C(=O)N2CCC3(CC(=O)c4ccccc4O3)C2)s1. The van der Waals surface area contributed by atoms with Crippen molar-refractivity contribution >= 4 is 23.0 Å². The number of hydrogen-bond acceptors (Lipinski definition) is 5. The molecular formula is C19H20N2O3S. The van der Waals surface area contributed by atoms with Crippen molar-refractivity contribution in [3.63, 3.8) is 0 Å². The van der Waals surface area contributed by atoms with Gasteiger partial charge in [-0.25, -0.2) is 4.98 Å². The molecule has 3 heterocycles. The average Bonchev–Trinajstić information content (AvgIpc) is 3.18. The monoisotopic (exact) mass is 356 g/mol. The van der Waals surface area contributed by atoms with Gasteiger partial charge in [-0.1, -0.05) is 19.1 Å². The summed E-state index contributed by atoms with van der Waals surface area (Å²) in [5, 5.41) is 0.979. The molecular weight excluding hydrogens is 336 g/mol. The number of carbonyl (C=O) groups is 2. The van der Waals surface area contributed by atoms with E-state index >= 15 is 0 Å². The van der Waals surface area contributed by atoms with E-state index < -0.39 is 5.60 Å². The maximum Gasteiger partial charge on any atom is 0.265 e. The summed E-state index contributed by atoms with van der Waals surface area (Å²) in [5.41, 5.74) is 0.843. The van der Waals surface area contributed by atoms with Crippen molar-refractivity contribution in [3.8, 4) is 5.75 Å². The van der Waals surface area contributed by atoms with Crippen molar-refractivity contribution < 1.29 is 14.3 Å². The molecule has 1 atom stereocenters. The number of aromatic nitrogens is 1. The number of thiazole rings is 1. The third-order valence-corrected chi connectivity index (χ3v) is 6.23. The van der Waals surface area contributed by atoms with E-state index in [9.17, 15) is 9.59 Å². The lowest BCUT2D eigenvalue weighted by Gasteiger charge is -2.34. The molecule has 0 N–H and O–H groups in total. The van der Waals surface area contributed by atoms with E-state index in [4.69, 9.17) is 4.74 Å². The van der Waals surface area contributed by atoms with Crippen LogP contribution in [0.15, 0.2) is 24.3 Å². The first-order valence-corrected chi connectivity index (χ1v) is 9.40. The summed E-state index contributed by atoms with van der Waals surface area (Å²) in [7, 11) is 0. The number of Topliss-reactive ketones (excluding diaryl/α,β-unsaturated/α-hetero) is 1. The summed E-state index contributed by atoms with van der Waals surface area (Å²) >= 11 is 1.47. The van der Waals surface area contributed by atoms with Gasteiger partial charge in [0.15, 0.2) is 5.78 Å². The normalized spacial score (nSPS) is 22.2. The Kier molecular flexibility index (Phi) is 3.87. The lowest BCUT2D eigenvalue weighted by molar-refractivity contribution is 0.0429. The molecule has 5 nitrogen and oxygen atoms in total. The molecule has 1 spiro atoms. The van der Waals surface area contributed by atoms with Crippen molar-refractivity contribution in [2.24, 2.45) is 0 Å². The minimum absolute atomic E-state index is 0.00137. The zero-order valence-electron chi connectivity index (χ0n) is 14.4. The van der Waals surface area contributed by atoms with Crippen LogP contribution in [0.3, 0.4) is 0 Å². The number of rotatable bonds is 2. The zero-order chi connectivity index (χ0) is 17.6. The predicted octanol–water partition coefficient (Wildman–Crippen LogP) is 3.26. The van der Waals surface area contributed by atoms with Crippen molar-refractivity contribution in [2.75, 3.05) is 13.1 Å². The summed E-state index contributed by atoms with van der Waals surface area (Å²) in [5.74, 6) is 0.732. The van der Waals surface area contributed by atoms with Gasteiger partial charge in [-0.05, 0) is 25.5 Å². The van der Waals surface area contributed by atoms with E-state index in [1.165, 1.54) is 11.3 Å². The highest BCUT2D eigenvalue weighted by atomic mass is 32.1. The number of ketones is 1.